The number of anilines is 1. The lowest BCUT2D eigenvalue weighted by Gasteiger charge is -2.33. The van der Waals surface area contributed by atoms with E-state index in [0.29, 0.717) is 41.4 Å². The Morgan fingerprint density at radius 1 is 1.41 bits per heavy atom. The molecule has 3 N–H and O–H groups in total. The van der Waals surface area contributed by atoms with Crippen molar-refractivity contribution in [2.45, 2.75) is 26.7 Å². The van der Waals surface area contributed by atoms with Crippen molar-refractivity contribution in [1.82, 2.24) is 9.88 Å². The molecule has 1 atom stereocenters. The second-order valence-electron chi connectivity index (χ2n) is 7.11. The fourth-order valence-electron chi connectivity index (χ4n) is 3.55. The number of hydrogen-bond donors (Lipinski definition) is 2. The number of nitrogen functional groups attached to an aromatic ring is 1. The lowest BCUT2D eigenvalue weighted by Crippen LogP contribution is -2.41. The van der Waals surface area contributed by atoms with E-state index in [0.717, 1.165) is 24.9 Å². The molecule has 1 aliphatic rings. The molecule has 1 saturated heterocycles. The number of nitrogens with one attached hydrogen (secondary N) is 1. The van der Waals surface area contributed by atoms with E-state index in [9.17, 15) is 4.79 Å². The first kappa shape index (κ1) is 18.9. The number of nitrogens with zero attached hydrogens (tertiary/aromatic N) is 2. The third-order valence-electron chi connectivity index (χ3n) is 4.96. The van der Waals surface area contributed by atoms with Crippen LogP contribution in [0.2, 0.25) is 0 Å². The second kappa shape index (κ2) is 8.20. The van der Waals surface area contributed by atoms with Crippen molar-refractivity contribution in [3.05, 3.63) is 53.3 Å². The van der Waals surface area contributed by atoms with Gasteiger partial charge in [-0.25, -0.2) is 0 Å². The third-order valence-corrected chi connectivity index (χ3v) is 4.96. The van der Waals surface area contributed by atoms with Gasteiger partial charge in [0.2, 0.25) is 0 Å². The molecule has 1 fully saturated rings. The van der Waals surface area contributed by atoms with Crippen molar-refractivity contribution in [3.63, 3.8) is 0 Å². The van der Waals surface area contributed by atoms with Gasteiger partial charge < -0.3 is 20.8 Å². The molecule has 142 valence electrons. The van der Waals surface area contributed by atoms with Crippen molar-refractivity contribution in [2.24, 2.45) is 5.92 Å². The quantitative estimate of drug-likeness (QED) is 0.627. The molecular weight excluding hydrogens is 340 g/mol. The fraction of sp³-hybridized carbons (Fsp3) is 0.381. The van der Waals surface area contributed by atoms with Gasteiger partial charge >= 0.3 is 0 Å². The summed E-state index contributed by atoms with van der Waals surface area (Å²) >= 11 is 0. The van der Waals surface area contributed by atoms with Gasteiger partial charge in [0.05, 0.1) is 12.2 Å². The predicted octanol–water partition coefficient (Wildman–Crippen LogP) is 3.29. The predicted molar refractivity (Wildman–Crippen MR) is 106 cm³/mol. The van der Waals surface area contributed by atoms with Crippen LogP contribution in [0.25, 0.3) is 0 Å². The molecule has 0 saturated carbocycles. The Morgan fingerprint density at radius 2 is 2.22 bits per heavy atom. The summed E-state index contributed by atoms with van der Waals surface area (Å²) in [5.74, 6) is 0.945. The number of ether oxygens (including phenoxy) is 1. The molecule has 0 aliphatic carbocycles. The number of carbonyl (C=O) groups is 1. The highest BCUT2D eigenvalue weighted by atomic mass is 16.5. The molecule has 2 heterocycles. The summed E-state index contributed by atoms with van der Waals surface area (Å²) < 4.78 is 6.01. The molecular formula is C21H26N4O2. The summed E-state index contributed by atoms with van der Waals surface area (Å²) in [6.45, 7) is 5.55. The number of hydrogen-bond acceptors (Lipinski definition) is 5. The number of rotatable bonds is 5. The number of aromatic nitrogens is 1. The number of aryl methyl sites for hydroxylation is 1. The molecule has 6 heteroatoms. The molecule has 27 heavy (non-hydrogen) atoms. The molecule has 1 aliphatic heterocycles. The van der Waals surface area contributed by atoms with Crippen LogP contribution in [-0.4, -0.2) is 41.2 Å². The van der Waals surface area contributed by atoms with E-state index in [1.54, 1.807) is 31.5 Å². The Labute approximate surface area is 159 Å². The van der Waals surface area contributed by atoms with E-state index >= 15 is 0 Å². The van der Waals surface area contributed by atoms with Crippen LogP contribution >= 0.6 is 0 Å². The standard InChI is InChI=1S/C21H26N4O2/c1-14-11-24-9-8-17(14)21(26)25-10-4-5-16(12-25)13-27-19-7-3-6-18(23)20(19)15(2)22/h3,6-9,11,16,22H,4-5,10,12-13,23H2,1-2H3. The molecule has 1 aromatic heterocycles. The monoisotopic (exact) mass is 366 g/mol. The number of amides is 1. The Kier molecular flexibility index (Phi) is 5.74. The van der Waals surface area contributed by atoms with Gasteiger partial charge in [0.1, 0.15) is 5.75 Å². The van der Waals surface area contributed by atoms with E-state index in [1.165, 1.54) is 0 Å². The molecule has 1 unspecified atom stereocenters. The van der Waals surface area contributed by atoms with Gasteiger partial charge in [-0.05, 0) is 50.5 Å². The van der Waals surface area contributed by atoms with E-state index in [-0.39, 0.29) is 11.8 Å². The maximum atomic E-state index is 12.8. The van der Waals surface area contributed by atoms with E-state index in [1.807, 2.05) is 24.0 Å². The zero-order chi connectivity index (χ0) is 19.4. The normalized spacial score (nSPS) is 16.8. The number of pyridine rings is 1. The molecule has 0 spiro atoms. The minimum absolute atomic E-state index is 0.0552. The van der Waals surface area contributed by atoms with Crippen molar-refractivity contribution in [3.8, 4) is 5.75 Å². The Bertz CT molecular complexity index is 850. The van der Waals surface area contributed by atoms with E-state index in [4.69, 9.17) is 15.9 Å². The van der Waals surface area contributed by atoms with Gasteiger partial charge in [-0.3, -0.25) is 9.78 Å². The topological polar surface area (TPSA) is 92.3 Å². The van der Waals surface area contributed by atoms with Gasteiger partial charge in [0, 0.05) is 48.4 Å². The maximum absolute atomic E-state index is 12.8. The molecule has 2 aromatic rings. The van der Waals surface area contributed by atoms with Crippen molar-refractivity contribution in [1.29, 1.82) is 5.41 Å². The summed E-state index contributed by atoms with van der Waals surface area (Å²) in [6.07, 6.45) is 5.35. The van der Waals surface area contributed by atoms with Crippen LogP contribution in [-0.2, 0) is 0 Å². The van der Waals surface area contributed by atoms with Crippen LogP contribution in [0.3, 0.4) is 0 Å². The second-order valence-corrected chi connectivity index (χ2v) is 7.11. The SMILES string of the molecule is CC(=N)c1c(N)cccc1OCC1CCCN(C(=O)c2ccncc2C)C1. The number of likely N-dealkylation sites (tertiary alicyclic amines) is 1. The molecule has 1 amide bonds. The van der Waals surface area contributed by atoms with Crippen LogP contribution in [0.5, 0.6) is 5.75 Å². The fourth-order valence-corrected chi connectivity index (χ4v) is 3.55. The van der Waals surface area contributed by atoms with Crippen LogP contribution in [0, 0.1) is 18.3 Å². The van der Waals surface area contributed by atoms with Gasteiger partial charge in [-0.1, -0.05) is 6.07 Å². The molecule has 0 radical (unpaired) electrons. The highest BCUT2D eigenvalue weighted by Gasteiger charge is 2.26. The average Bonchev–Trinajstić information content (AvgIpc) is 2.66. The average molecular weight is 366 g/mol. The van der Waals surface area contributed by atoms with Crippen LogP contribution in [0.4, 0.5) is 5.69 Å². The van der Waals surface area contributed by atoms with Crippen LogP contribution in [0.1, 0.15) is 41.3 Å². The summed E-state index contributed by atoms with van der Waals surface area (Å²) in [7, 11) is 0. The smallest absolute Gasteiger partial charge is 0.254 e. The molecule has 0 bridgehead atoms. The Hall–Kier alpha value is -2.89. The zero-order valence-corrected chi connectivity index (χ0v) is 15.9. The first-order valence-corrected chi connectivity index (χ1v) is 9.24. The minimum Gasteiger partial charge on any atom is -0.492 e. The molecule has 3 rings (SSSR count). The Balaban J connectivity index is 1.66. The van der Waals surface area contributed by atoms with E-state index < -0.39 is 0 Å². The highest BCUT2D eigenvalue weighted by molar-refractivity contribution is 6.03. The van der Waals surface area contributed by atoms with Gasteiger partial charge in [0.15, 0.2) is 0 Å². The van der Waals surface area contributed by atoms with Crippen LogP contribution in [0.15, 0.2) is 36.7 Å². The Morgan fingerprint density at radius 3 is 2.96 bits per heavy atom. The number of nitrogens with two attached hydrogens (primary N) is 1. The van der Waals surface area contributed by atoms with Crippen molar-refractivity contribution >= 4 is 17.3 Å². The lowest BCUT2D eigenvalue weighted by atomic mass is 9.97. The van der Waals surface area contributed by atoms with E-state index in [2.05, 4.69) is 4.98 Å². The minimum atomic E-state index is 0.0552. The van der Waals surface area contributed by atoms with Crippen molar-refractivity contribution in [2.75, 3.05) is 25.4 Å². The zero-order valence-electron chi connectivity index (χ0n) is 15.9. The molecule has 1 aromatic carbocycles. The van der Waals surface area contributed by atoms with Gasteiger partial charge in [-0.2, -0.15) is 0 Å². The summed E-state index contributed by atoms with van der Waals surface area (Å²) in [5.41, 5.74) is 9.18. The third kappa shape index (κ3) is 4.27. The first-order valence-electron chi connectivity index (χ1n) is 9.24. The van der Waals surface area contributed by atoms with Gasteiger partial charge in [-0.15, -0.1) is 0 Å². The number of carbonyl (C=O) groups excluding carboxylic acids is 1. The maximum Gasteiger partial charge on any atom is 0.254 e. The summed E-state index contributed by atoms with van der Waals surface area (Å²) in [5, 5.41) is 7.93. The van der Waals surface area contributed by atoms with Crippen LogP contribution < -0.4 is 10.5 Å². The summed E-state index contributed by atoms with van der Waals surface area (Å²) in [6, 6.07) is 7.23. The molecule has 6 nitrogen and oxygen atoms in total. The number of piperidine rings is 1. The lowest BCUT2D eigenvalue weighted by molar-refractivity contribution is 0.0632. The first-order chi connectivity index (χ1) is 13.0. The highest BCUT2D eigenvalue weighted by Crippen LogP contribution is 2.27. The number of benzene rings is 1. The van der Waals surface area contributed by atoms with Gasteiger partial charge in [0.25, 0.3) is 5.91 Å². The van der Waals surface area contributed by atoms with Crippen molar-refractivity contribution < 1.29 is 9.53 Å². The summed E-state index contributed by atoms with van der Waals surface area (Å²) in [4.78, 5) is 18.8. The largest absolute Gasteiger partial charge is 0.492 e.